The van der Waals surface area contributed by atoms with Crippen LogP contribution in [-0.2, 0) is 10.3 Å². The molecule has 1 fully saturated rings. The maximum absolute atomic E-state index is 13.7. The number of nitrogens with one attached hydrogen (secondary N) is 1. The average molecular weight is 467 g/mol. The van der Waals surface area contributed by atoms with E-state index in [2.05, 4.69) is 5.32 Å². The molecule has 2 atom stereocenters. The zero-order chi connectivity index (χ0) is 23.8. The highest BCUT2D eigenvalue weighted by Gasteiger charge is 2.49. The van der Waals surface area contributed by atoms with E-state index in [-0.39, 0.29) is 24.6 Å². The van der Waals surface area contributed by atoms with Gasteiger partial charge in [-0.05, 0) is 60.7 Å². The lowest BCUT2D eigenvalue weighted by atomic mass is 9.92. The van der Waals surface area contributed by atoms with Crippen molar-refractivity contribution in [3.63, 3.8) is 0 Å². The third-order valence-electron chi connectivity index (χ3n) is 5.51. The van der Waals surface area contributed by atoms with E-state index in [1.807, 2.05) is 26.8 Å². The average Bonchev–Trinajstić information content (AvgIpc) is 2.94. The molecule has 6 nitrogen and oxygen atoms in total. The van der Waals surface area contributed by atoms with Gasteiger partial charge in [0.2, 0.25) is 0 Å². The summed E-state index contributed by atoms with van der Waals surface area (Å²) in [5.74, 6) is -2.18. The molecule has 0 aliphatic carbocycles. The first-order valence-electron chi connectivity index (χ1n) is 10.1. The summed E-state index contributed by atoms with van der Waals surface area (Å²) < 4.78 is 32.7. The number of nitrogens with zero attached hydrogens (tertiary/aromatic N) is 1. The molecule has 0 radical (unpaired) electrons. The Morgan fingerprint density at radius 3 is 2.50 bits per heavy atom. The molecule has 3 amide bonds. The van der Waals surface area contributed by atoms with Crippen LogP contribution in [0.2, 0.25) is 5.02 Å². The topological polar surface area (TPSA) is 78.9 Å². The maximum atomic E-state index is 13.7. The molecule has 3 rings (SSSR count). The number of aliphatic hydroxyl groups is 1. The van der Waals surface area contributed by atoms with E-state index in [4.69, 9.17) is 16.3 Å². The highest BCUT2D eigenvalue weighted by molar-refractivity contribution is 6.31. The molecule has 9 heteroatoms. The number of carbonyl (C=O) groups is 2. The molecule has 0 aromatic heterocycles. The summed E-state index contributed by atoms with van der Waals surface area (Å²) in [6, 6.07) is 5.84. The zero-order valence-corrected chi connectivity index (χ0v) is 19.0. The Labute approximate surface area is 190 Å². The van der Waals surface area contributed by atoms with Crippen LogP contribution in [0.25, 0.3) is 0 Å². The van der Waals surface area contributed by atoms with Gasteiger partial charge in [-0.25, -0.2) is 13.6 Å². The SMILES string of the molecule is Cc1cc(OC[C@H](O)CN2C(=O)N[C@](C)(c3ccc(F)c(F)c3)C2=O)c(C(C)C)cc1Cl. The number of aryl methyl sites for hydroxylation is 1. The Morgan fingerprint density at radius 1 is 1.19 bits per heavy atom. The normalized spacial score (nSPS) is 19.5. The number of urea groups is 1. The fourth-order valence-corrected chi connectivity index (χ4v) is 3.73. The van der Waals surface area contributed by atoms with Crippen molar-refractivity contribution in [2.45, 2.75) is 45.3 Å². The van der Waals surface area contributed by atoms with Crippen molar-refractivity contribution in [1.29, 1.82) is 0 Å². The van der Waals surface area contributed by atoms with E-state index in [1.165, 1.54) is 13.0 Å². The van der Waals surface area contributed by atoms with Crippen LogP contribution < -0.4 is 10.1 Å². The molecule has 2 N–H and O–H groups in total. The highest BCUT2D eigenvalue weighted by atomic mass is 35.5. The van der Waals surface area contributed by atoms with Gasteiger partial charge < -0.3 is 15.2 Å². The Hall–Kier alpha value is -2.71. The first kappa shape index (κ1) is 23.9. The van der Waals surface area contributed by atoms with Gasteiger partial charge in [0.15, 0.2) is 11.6 Å². The number of rotatable bonds is 7. The Morgan fingerprint density at radius 2 is 1.88 bits per heavy atom. The number of amides is 3. The Balaban J connectivity index is 1.71. The fourth-order valence-electron chi connectivity index (χ4n) is 3.56. The lowest BCUT2D eigenvalue weighted by Crippen LogP contribution is -2.43. The Bertz CT molecular complexity index is 1060. The number of hydrogen-bond acceptors (Lipinski definition) is 4. The molecule has 0 unspecified atom stereocenters. The summed E-state index contributed by atoms with van der Waals surface area (Å²) in [4.78, 5) is 26.2. The van der Waals surface area contributed by atoms with Gasteiger partial charge in [-0.3, -0.25) is 9.69 Å². The van der Waals surface area contributed by atoms with Crippen LogP contribution in [0, 0.1) is 18.6 Å². The van der Waals surface area contributed by atoms with Crippen LogP contribution in [0.3, 0.4) is 0 Å². The first-order valence-corrected chi connectivity index (χ1v) is 10.5. The second-order valence-electron chi connectivity index (χ2n) is 8.36. The van der Waals surface area contributed by atoms with Crippen molar-refractivity contribution in [1.82, 2.24) is 10.2 Å². The highest BCUT2D eigenvalue weighted by Crippen LogP contribution is 2.33. The predicted molar refractivity (Wildman–Crippen MR) is 116 cm³/mol. The predicted octanol–water partition coefficient (Wildman–Crippen LogP) is 4.26. The summed E-state index contributed by atoms with van der Waals surface area (Å²) in [6.45, 7) is 6.71. The standard InChI is InChI=1S/C23H25ClF2N2O4/c1-12(2)16-9-17(24)13(3)7-20(16)32-11-15(29)10-28-21(30)23(4,27-22(28)31)14-5-6-18(25)19(26)8-14/h5-9,12,15,29H,10-11H2,1-4H3,(H,27,31)/t15-,23-/m1/s1. The molecule has 2 aromatic carbocycles. The van der Waals surface area contributed by atoms with Crippen LogP contribution in [0.1, 0.15) is 43.4 Å². The van der Waals surface area contributed by atoms with Gasteiger partial charge in [-0.2, -0.15) is 0 Å². The van der Waals surface area contributed by atoms with E-state index in [0.717, 1.165) is 28.2 Å². The number of halogens is 3. The van der Waals surface area contributed by atoms with E-state index in [9.17, 15) is 23.5 Å². The van der Waals surface area contributed by atoms with Gasteiger partial charge in [0, 0.05) is 5.02 Å². The van der Waals surface area contributed by atoms with Crippen molar-refractivity contribution >= 4 is 23.5 Å². The molecular weight excluding hydrogens is 442 g/mol. The number of hydrogen-bond donors (Lipinski definition) is 2. The summed E-state index contributed by atoms with van der Waals surface area (Å²) in [5.41, 5.74) is 0.205. The Kier molecular flexibility index (Phi) is 6.76. The lowest BCUT2D eigenvalue weighted by molar-refractivity contribution is -0.132. The lowest BCUT2D eigenvalue weighted by Gasteiger charge is -2.23. The monoisotopic (exact) mass is 466 g/mol. The van der Waals surface area contributed by atoms with Gasteiger partial charge in [0.05, 0.1) is 6.54 Å². The van der Waals surface area contributed by atoms with Crippen molar-refractivity contribution in [2.24, 2.45) is 0 Å². The molecule has 0 bridgehead atoms. The van der Waals surface area contributed by atoms with Gasteiger partial charge in [0.25, 0.3) is 5.91 Å². The summed E-state index contributed by atoms with van der Waals surface area (Å²) in [6.07, 6.45) is -1.17. The second-order valence-corrected chi connectivity index (χ2v) is 8.77. The van der Waals surface area contributed by atoms with Crippen molar-refractivity contribution in [3.05, 3.63) is 63.7 Å². The molecule has 1 aliphatic heterocycles. The number of ether oxygens (including phenoxy) is 1. The van der Waals surface area contributed by atoms with Crippen molar-refractivity contribution in [3.8, 4) is 5.75 Å². The molecular formula is C23H25ClF2N2O4. The first-order chi connectivity index (χ1) is 14.9. The quantitative estimate of drug-likeness (QED) is 0.598. The molecule has 0 saturated carbocycles. The summed E-state index contributed by atoms with van der Waals surface area (Å²) in [7, 11) is 0. The van der Waals surface area contributed by atoms with Crippen LogP contribution >= 0.6 is 11.6 Å². The number of imide groups is 1. The molecule has 1 saturated heterocycles. The second kappa shape index (κ2) is 9.03. The zero-order valence-electron chi connectivity index (χ0n) is 18.2. The fraction of sp³-hybridized carbons (Fsp3) is 0.391. The van der Waals surface area contributed by atoms with E-state index < -0.39 is 35.2 Å². The van der Waals surface area contributed by atoms with Gasteiger partial charge >= 0.3 is 6.03 Å². The molecule has 1 aliphatic rings. The third-order valence-corrected chi connectivity index (χ3v) is 5.92. The van der Waals surface area contributed by atoms with Crippen molar-refractivity contribution < 1.29 is 28.2 Å². The van der Waals surface area contributed by atoms with E-state index in [0.29, 0.717) is 10.8 Å². The third kappa shape index (κ3) is 4.56. The minimum atomic E-state index is -1.58. The smallest absolute Gasteiger partial charge is 0.325 e. The maximum Gasteiger partial charge on any atom is 0.325 e. The van der Waals surface area contributed by atoms with Gasteiger partial charge in [0.1, 0.15) is 24.0 Å². The van der Waals surface area contributed by atoms with Crippen LogP contribution in [0.5, 0.6) is 5.75 Å². The molecule has 2 aromatic rings. The number of aliphatic hydroxyl groups excluding tert-OH is 1. The van der Waals surface area contributed by atoms with Crippen molar-refractivity contribution in [2.75, 3.05) is 13.2 Å². The summed E-state index contributed by atoms with van der Waals surface area (Å²) >= 11 is 6.20. The van der Waals surface area contributed by atoms with Gasteiger partial charge in [-0.15, -0.1) is 0 Å². The molecule has 32 heavy (non-hydrogen) atoms. The summed E-state index contributed by atoms with van der Waals surface area (Å²) in [5, 5.41) is 13.5. The van der Waals surface area contributed by atoms with E-state index >= 15 is 0 Å². The van der Waals surface area contributed by atoms with E-state index in [1.54, 1.807) is 6.07 Å². The number of carbonyl (C=O) groups excluding carboxylic acids is 2. The number of benzene rings is 2. The largest absolute Gasteiger partial charge is 0.491 e. The minimum absolute atomic E-state index is 0.0983. The van der Waals surface area contributed by atoms with Crippen LogP contribution in [0.4, 0.5) is 13.6 Å². The van der Waals surface area contributed by atoms with Crippen LogP contribution in [-0.4, -0.2) is 41.2 Å². The van der Waals surface area contributed by atoms with Crippen LogP contribution in [0.15, 0.2) is 30.3 Å². The molecule has 0 spiro atoms. The number of β-amino-alcohol motifs (C(OH)–C–C–N with tert-alkyl or cyclic N) is 1. The van der Waals surface area contributed by atoms with Gasteiger partial charge in [-0.1, -0.05) is 31.5 Å². The minimum Gasteiger partial charge on any atom is -0.491 e. The molecule has 1 heterocycles. The molecule has 172 valence electrons.